The first-order valence-corrected chi connectivity index (χ1v) is 14.7. The van der Waals surface area contributed by atoms with E-state index in [0.29, 0.717) is 22.0 Å². The van der Waals surface area contributed by atoms with Crippen molar-refractivity contribution in [3.63, 3.8) is 0 Å². The maximum atomic E-state index is 14.0. The minimum atomic E-state index is -3.85. The minimum Gasteiger partial charge on any atom is -0.497 e. The summed E-state index contributed by atoms with van der Waals surface area (Å²) in [6.07, 6.45) is 1.28. The zero-order chi connectivity index (χ0) is 28.6. The summed E-state index contributed by atoms with van der Waals surface area (Å²) in [6, 6.07) is 21.7. The van der Waals surface area contributed by atoms with Crippen LogP contribution in [0, 0.1) is 0 Å². The maximum absolute atomic E-state index is 14.0. The number of carbonyl (C=O) groups excluding carboxylic acids is 2. The van der Waals surface area contributed by atoms with Crippen molar-refractivity contribution in [1.29, 1.82) is 0 Å². The van der Waals surface area contributed by atoms with Gasteiger partial charge >= 0.3 is 0 Å². The number of halogens is 1. The summed E-state index contributed by atoms with van der Waals surface area (Å²) in [5.74, 6) is -0.315. The Hall–Kier alpha value is -3.56. The van der Waals surface area contributed by atoms with Gasteiger partial charge in [0, 0.05) is 24.0 Å². The zero-order valence-electron chi connectivity index (χ0n) is 22.5. The van der Waals surface area contributed by atoms with Crippen LogP contribution in [-0.2, 0) is 32.6 Å². The van der Waals surface area contributed by atoms with Crippen molar-refractivity contribution in [2.45, 2.75) is 38.9 Å². The number of benzene rings is 3. The number of hydrogen-bond acceptors (Lipinski definition) is 5. The van der Waals surface area contributed by atoms with E-state index in [1.54, 1.807) is 42.5 Å². The fourth-order valence-electron chi connectivity index (χ4n) is 4.13. The van der Waals surface area contributed by atoms with Crippen LogP contribution < -0.4 is 14.4 Å². The Labute approximate surface area is 235 Å². The molecule has 1 atom stereocenters. The summed E-state index contributed by atoms with van der Waals surface area (Å²) in [7, 11) is -2.34. The fraction of sp³-hybridized carbons (Fsp3) is 0.310. The Kier molecular flexibility index (Phi) is 10.4. The van der Waals surface area contributed by atoms with Gasteiger partial charge in [-0.2, -0.15) is 0 Å². The highest BCUT2D eigenvalue weighted by Crippen LogP contribution is 2.23. The van der Waals surface area contributed by atoms with Crippen LogP contribution in [-0.4, -0.2) is 57.1 Å². The van der Waals surface area contributed by atoms with E-state index in [1.165, 1.54) is 12.0 Å². The summed E-state index contributed by atoms with van der Waals surface area (Å²) in [5.41, 5.74) is 1.88. The lowest BCUT2D eigenvalue weighted by atomic mass is 10.0. The molecule has 0 fully saturated rings. The van der Waals surface area contributed by atoms with Crippen molar-refractivity contribution in [3.05, 3.63) is 95.0 Å². The highest BCUT2D eigenvalue weighted by Gasteiger charge is 2.33. The van der Waals surface area contributed by atoms with Gasteiger partial charge in [-0.05, 0) is 61.4 Å². The third-order valence-electron chi connectivity index (χ3n) is 5.98. The van der Waals surface area contributed by atoms with Crippen LogP contribution in [0.15, 0.2) is 78.9 Å². The Balaban J connectivity index is 2.04. The number of nitrogens with zero attached hydrogens (tertiary/aromatic N) is 2. The second-order valence-corrected chi connectivity index (χ2v) is 11.8. The molecule has 0 aliphatic heterocycles. The normalized spacial score (nSPS) is 12.1. The number of nitrogens with one attached hydrogen (secondary N) is 1. The van der Waals surface area contributed by atoms with Crippen molar-refractivity contribution in [2.24, 2.45) is 0 Å². The van der Waals surface area contributed by atoms with Crippen molar-refractivity contribution in [3.8, 4) is 5.75 Å². The lowest BCUT2D eigenvalue weighted by Crippen LogP contribution is -2.54. The molecule has 0 aromatic heterocycles. The van der Waals surface area contributed by atoms with Crippen molar-refractivity contribution in [2.75, 3.05) is 24.2 Å². The maximum Gasteiger partial charge on any atom is 0.244 e. The smallest absolute Gasteiger partial charge is 0.244 e. The van der Waals surface area contributed by atoms with Gasteiger partial charge in [0.25, 0.3) is 0 Å². The van der Waals surface area contributed by atoms with Gasteiger partial charge in [-0.1, -0.05) is 54.1 Å². The average molecular weight is 572 g/mol. The quantitative estimate of drug-likeness (QED) is 0.350. The first kappa shape index (κ1) is 30.0. The Morgan fingerprint density at radius 2 is 1.59 bits per heavy atom. The molecule has 0 unspecified atom stereocenters. The predicted molar refractivity (Wildman–Crippen MR) is 154 cm³/mol. The monoisotopic (exact) mass is 571 g/mol. The number of hydrogen-bond donors (Lipinski definition) is 1. The molecule has 2 amide bonds. The molecule has 10 heteroatoms. The Morgan fingerprint density at radius 3 is 2.15 bits per heavy atom. The lowest BCUT2D eigenvalue weighted by Gasteiger charge is -2.34. The van der Waals surface area contributed by atoms with Crippen molar-refractivity contribution < 1.29 is 22.7 Å². The molecule has 3 aromatic carbocycles. The highest BCUT2D eigenvalue weighted by atomic mass is 35.5. The van der Waals surface area contributed by atoms with E-state index < -0.39 is 28.5 Å². The molecule has 0 saturated heterocycles. The first-order chi connectivity index (χ1) is 18.5. The largest absolute Gasteiger partial charge is 0.497 e. The molecule has 0 heterocycles. The van der Waals surface area contributed by atoms with E-state index in [-0.39, 0.29) is 24.9 Å². The number of anilines is 1. The van der Waals surface area contributed by atoms with Gasteiger partial charge in [0.1, 0.15) is 18.3 Å². The molecule has 0 radical (unpaired) electrons. The van der Waals surface area contributed by atoms with Gasteiger partial charge in [-0.3, -0.25) is 13.9 Å². The summed E-state index contributed by atoms with van der Waals surface area (Å²) >= 11 is 6.22. The molecule has 0 aliphatic carbocycles. The molecular weight excluding hydrogens is 538 g/mol. The Bertz CT molecular complexity index is 1370. The first-order valence-electron chi connectivity index (χ1n) is 12.5. The standard InChI is InChI=1S/C29H34ClN3O5S/c1-21(2)31-29(35)27(18-22-9-6-5-7-10-22)32(19-23-11-8-12-24(30)17-23)28(34)20-33(39(4,36)37)25-13-15-26(38-3)16-14-25/h5-17,21,27H,18-20H2,1-4H3,(H,31,35)/t27-/m0/s1. The second kappa shape index (κ2) is 13.5. The number of methoxy groups -OCH3 is 1. The van der Waals surface area contributed by atoms with E-state index >= 15 is 0 Å². The number of carbonyl (C=O) groups is 2. The minimum absolute atomic E-state index is 0.0582. The van der Waals surface area contributed by atoms with E-state index in [4.69, 9.17) is 16.3 Å². The fourth-order valence-corrected chi connectivity index (χ4v) is 5.19. The summed E-state index contributed by atoms with van der Waals surface area (Å²) < 4.78 is 31.8. The van der Waals surface area contributed by atoms with Crippen LogP contribution >= 0.6 is 11.6 Å². The third kappa shape index (κ3) is 8.73. The molecule has 8 nitrogen and oxygen atoms in total. The van der Waals surface area contributed by atoms with Crippen LogP contribution in [0.2, 0.25) is 5.02 Å². The van der Waals surface area contributed by atoms with Gasteiger partial charge in [-0.15, -0.1) is 0 Å². The summed E-state index contributed by atoms with van der Waals surface area (Å²) in [4.78, 5) is 28.9. The van der Waals surface area contributed by atoms with Gasteiger partial charge in [0.2, 0.25) is 21.8 Å². The molecule has 39 heavy (non-hydrogen) atoms. The highest BCUT2D eigenvalue weighted by molar-refractivity contribution is 7.92. The Morgan fingerprint density at radius 1 is 0.949 bits per heavy atom. The molecule has 3 aromatic rings. The van der Waals surface area contributed by atoms with E-state index in [9.17, 15) is 18.0 Å². The molecule has 208 valence electrons. The van der Waals surface area contributed by atoms with Gasteiger partial charge in [-0.25, -0.2) is 8.42 Å². The third-order valence-corrected chi connectivity index (χ3v) is 7.36. The molecule has 3 rings (SSSR count). The van der Waals surface area contributed by atoms with Crippen molar-refractivity contribution in [1.82, 2.24) is 10.2 Å². The number of amides is 2. The number of rotatable bonds is 12. The van der Waals surface area contributed by atoms with Crippen LogP contribution in [0.25, 0.3) is 0 Å². The van der Waals surface area contributed by atoms with E-state index in [1.807, 2.05) is 50.2 Å². The molecule has 1 N–H and O–H groups in total. The summed E-state index contributed by atoms with van der Waals surface area (Å²) in [5, 5.41) is 3.41. The van der Waals surface area contributed by atoms with Crippen LogP contribution in [0.4, 0.5) is 5.69 Å². The predicted octanol–water partition coefficient (Wildman–Crippen LogP) is 4.28. The molecular formula is C29H34ClN3O5S. The zero-order valence-corrected chi connectivity index (χ0v) is 24.1. The molecule has 0 aliphatic rings. The number of ether oxygens (including phenoxy) is 1. The van der Waals surface area contributed by atoms with E-state index in [2.05, 4.69) is 5.32 Å². The average Bonchev–Trinajstić information content (AvgIpc) is 2.89. The van der Waals surface area contributed by atoms with Crippen LogP contribution in [0.1, 0.15) is 25.0 Å². The van der Waals surface area contributed by atoms with Crippen LogP contribution in [0.3, 0.4) is 0 Å². The van der Waals surface area contributed by atoms with E-state index in [0.717, 1.165) is 16.1 Å². The molecule has 0 saturated carbocycles. The molecule has 0 bridgehead atoms. The van der Waals surface area contributed by atoms with Crippen LogP contribution in [0.5, 0.6) is 5.75 Å². The van der Waals surface area contributed by atoms with Gasteiger partial charge in [0.15, 0.2) is 0 Å². The van der Waals surface area contributed by atoms with Crippen molar-refractivity contribution >= 4 is 39.1 Å². The molecule has 0 spiro atoms. The van der Waals surface area contributed by atoms with Gasteiger partial charge in [0.05, 0.1) is 19.1 Å². The SMILES string of the molecule is COc1ccc(N(CC(=O)N(Cc2cccc(Cl)c2)[C@@H](Cc2ccccc2)C(=O)NC(C)C)S(C)(=O)=O)cc1. The van der Waals surface area contributed by atoms with Gasteiger partial charge < -0.3 is 15.0 Å². The summed E-state index contributed by atoms with van der Waals surface area (Å²) in [6.45, 7) is 3.25. The second-order valence-electron chi connectivity index (χ2n) is 9.49. The number of sulfonamides is 1. The lowest BCUT2D eigenvalue weighted by molar-refractivity contribution is -0.140. The topological polar surface area (TPSA) is 96.0 Å².